The summed E-state index contributed by atoms with van der Waals surface area (Å²) in [5.74, 6) is 0. The smallest absolute Gasteiger partial charge is 0.279 e. The average Bonchev–Trinajstić information content (AvgIpc) is 2.39. The van der Waals surface area contributed by atoms with Gasteiger partial charge in [0, 0.05) is 26.2 Å². The second-order valence-corrected chi connectivity index (χ2v) is 5.91. The van der Waals surface area contributed by atoms with Gasteiger partial charge in [-0.2, -0.15) is 17.4 Å². The van der Waals surface area contributed by atoms with Crippen LogP contribution in [0.5, 0.6) is 0 Å². The number of nitrogens with zero attached hydrogens (tertiary/aromatic N) is 1. The first-order valence-corrected chi connectivity index (χ1v) is 7.33. The first kappa shape index (κ1) is 15.9. The molecule has 0 saturated carbocycles. The number of hydrogen-bond donors (Lipinski definition) is 2. The highest BCUT2D eigenvalue weighted by Gasteiger charge is 2.23. The Balaban J connectivity index is 0.00000162. The van der Waals surface area contributed by atoms with Crippen molar-refractivity contribution in [3.63, 3.8) is 0 Å². The molecular formula is C10H20ClN3O3S. The van der Waals surface area contributed by atoms with Gasteiger partial charge < -0.3 is 10.1 Å². The summed E-state index contributed by atoms with van der Waals surface area (Å²) in [4.78, 5) is 0. The van der Waals surface area contributed by atoms with Crippen molar-refractivity contribution in [2.24, 2.45) is 0 Å². The lowest BCUT2D eigenvalue weighted by molar-refractivity contribution is 0.0725. The van der Waals surface area contributed by atoms with Gasteiger partial charge in [-0.15, -0.1) is 12.4 Å². The van der Waals surface area contributed by atoms with Crippen LogP contribution in [0, 0.1) is 0 Å². The van der Waals surface area contributed by atoms with Crippen molar-refractivity contribution < 1.29 is 13.2 Å². The number of morpholine rings is 1. The second kappa shape index (κ2) is 7.42. The lowest BCUT2D eigenvalue weighted by atomic mass is 10.1. The highest BCUT2D eigenvalue weighted by atomic mass is 35.5. The fourth-order valence-electron chi connectivity index (χ4n) is 1.89. The molecule has 2 N–H and O–H groups in total. The van der Waals surface area contributed by atoms with Gasteiger partial charge in [-0.1, -0.05) is 11.6 Å². The third kappa shape index (κ3) is 4.49. The maximum Gasteiger partial charge on any atom is 0.279 e. The molecule has 8 heteroatoms. The average molecular weight is 298 g/mol. The van der Waals surface area contributed by atoms with Crippen molar-refractivity contribution in [1.82, 2.24) is 14.3 Å². The molecule has 2 heterocycles. The molecule has 0 aromatic heterocycles. The zero-order valence-electron chi connectivity index (χ0n) is 10.2. The third-order valence-corrected chi connectivity index (χ3v) is 4.50. The van der Waals surface area contributed by atoms with Crippen LogP contribution in [0.4, 0.5) is 0 Å². The molecule has 0 amide bonds. The minimum atomic E-state index is -3.34. The molecule has 0 radical (unpaired) electrons. The Morgan fingerprint density at radius 1 is 1.39 bits per heavy atom. The van der Waals surface area contributed by atoms with Crippen LogP contribution in [-0.4, -0.2) is 58.7 Å². The van der Waals surface area contributed by atoms with E-state index in [0.29, 0.717) is 32.8 Å². The van der Waals surface area contributed by atoms with Crippen LogP contribution < -0.4 is 10.0 Å². The summed E-state index contributed by atoms with van der Waals surface area (Å²) in [6.07, 6.45) is 2.96. The first-order valence-electron chi connectivity index (χ1n) is 5.89. The molecule has 0 aromatic rings. The standard InChI is InChI=1S/C10H19N3O3S.ClH/c14-17(15,13-5-7-16-8-6-13)12-9-10-1-3-11-4-2-10;/h1,11-12H,2-9H2;1H. The summed E-state index contributed by atoms with van der Waals surface area (Å²) >= 11 is 0. The molecule has 2 aliphatic rings. The number of nitrogens with one attached hydrogen (secondary N) is 2. The molecular weight excluding hydrogens is 278 g/mol. The molecule has 106 valence electrons. The summed E-state index contributed by atoms with van der Waals surface area (Å²) in [7, 11) is -3.34. The van der Waals surface area contributed by atoms with Crippen LogP contribution in [-0.2, 0) is 14.9 Å². The minimum absolute atomic E-state index is 0. The summed E-state index contributed by atoms with van der Waals surface area (Å²) in [6.45, 7) is 4.01. The van der Waals surface area contributed by atoms with E-state index in [9.17, 15) is 8.42 Å². The molecule has 18 heavy (non-hydrogen) atoms. The SMILES string of the molecule is Cl.O=S(=O)(NCC1=CCNCC1)N1CCOCC1. The molecule has 0 bridgehead atoms. The lowest BCUT2D eigenvalue weighted by Gasteiger charge is -2.26. The summed E-state index contributed by atoms with van der Waals surface area (Å²) in [5, 5.41) is 3.19. The topological polar surface area (TPSA) is 70.7 Å². The van der Waals surface area contributed by atoms with Crippen molar-refractivity contribution in [3.8, 4) is 0 Å². The Morgan fingerprint density at radius 3 is 2.72 bits per heavy atom. The lowest BCUT2D eigenvalue weighted by Crippen LogP contribution is -2.47. The zero-order chi connectivity index (χ0) is 12.1. The van der Waals surface area contributed by atoms with Gasteiger partial charge in [-0.05, 0) is 13.0 Å². The second-order valence-electron chi connectivity index (χ2n) is 4.15. The molecule has 0 spiro atoms. The number of ether oxygens (including phenoxy) is 1. The van der Waals surface area contributed by atoms with Gasteiger partial charge in [0.05, 0.1) is 13.2 Å². The maximum absolute atomic E-state index is 11.9. The van der Waals surface area contributed by atoms with E-state index in [4.69, 9.17) is 4.74 Å². The van der Waals surface area contributed by atoms with E-state index in [-0.39, 0.29) is 12.4 Å². The van der Waals surface area contributed by atoms with Gasteiger partial charge in [-0.25, -0.2) is 0 Å². The van der Waals surface area contributed by atoms with E-state index in [1.165, 1.54) is 4.31 Å². The summed E-state index contributed by atoms with van der Waals surface area (Å²) in [5.41, 5.74) is 1.15. The maximum atomic E-state index is 11.9. The molecule has 1 fully saturated rings. The Morgan fingerprint density at radius 2 is 2.11 bits per heavy atom. The van der Waals surface area contributed by atoms with E-state index >= 15 is 0 Å². The van der Waals surface area contributed by atoms with Crippen LogP contribution in [0.3, 0.4) is 0 Å². The highest BCUT2D eigenvalue weighted by molar-refractivity contribution is 7.87. The van der Waals surface area contributed by atoms with E-state index in [2.05, 4.69) is 10.0 Å². The Kier molecular flexibility index (Phi) is 6.54. The molecule has 0 unspecified atom stereocenters. The van der Waals surface area contributed by atoms with Gasteiger partial charge in [-0.3, -0.25) is 0 Å². The number of hydrogen-bond acceptors (Lipinski definition) is 4. The van der Waals surface area contributed by atoms with Crippen LogP contribution >= 0.6 is 12.4 Å². The van der Waals surface area contributed by atoms with E-state index in [1.807, 2.05) is 6.08 Å². The van der Waals surface area contributed by atoms with Crippen molar-refractivity contribution in [1.29, 1.82) is 0 Å². The van der Waals surface area contributed by atoms with Crippen LogP contribution in [0.1, 0.15) is 6.42 Å². The quantitative estimate of drug-likeness (QED) is 0.686. The fourth-order valence-corrected chi connectivity index (χ4v) is 3.07. The van der Waals surface area contributed by atoms with E-state index in [1.54, 1.807) is 0 Å². The molecule has 2 aliphatic heterocycles. The van der Waals surface area contributed by atoms with Gasteiger partial charge in [0.15, 0.2) is 0 Å². The minimum Gasteiger partial charge on any atom is -0.379 e. The number of halogens is 1. The van der Waals surface area contributed by atoms with E-state index in [0.717, 1.165) is 25.1 Å². The highest BCUT2D eigenvalue weighted by Crippen LogP contribution is 2.06. The van der Waals surface area contributed by atoms with Crippen molar-refractivity contribution in [3.05, 3.63) is 11.6 Å². The number of rotatable bonds is 4. The molecule has 2 rings (SSSR count). The van der Waals surface area contributed by atoms with Gasteiger partial charge >= 0.3 is 0 Å². The fraction of sp³-hybridized carbons (Fsp3) is 0.800. The molecule has 6 nitrogen and oxygen atoms in total. The molecule has 0 aliphatic carbocycles. The molecule has 0 atom stereocenters. The Labute approximate surface area is 114 Å². The van der Waals surface area contributed by atoms with Crippen LogP contribution in [0.15, 0.2) is 11.6 Å². The predicted octanol–water partition coefficient (Wildman–Crippen LogP) is -0.505. The predicted molar refractivity (Wildman–Crippen MR) is 72.1 cm³/mol. The summed E-state index contributed by atoms with van der Waals surface area (Å²) in [6, 6.07) is 0. The normalized spacial score (nSPS) is 22.1. The van der Waals surface area contributed by atoms with Gasteiger partial charge in [0.2, 0.25) is 0 Å². The third-order valence-electron chi connectivity index (χ3n) is 2.95. The van der Waals surface area contributed by atoms with E-state index < -0.39 is 10.2 Å². The van der Waals surface area contributed by atoms with Crippen LogP contribution in [0.25, 0.3) is 0 Å². The van der Waals surface area contributed by atoms with Crippen molar-refractivity contribution in [2.45, 2.75) is 6.42 Å². The molecule has 1 saturated heterocycles. The largest absolute Gasteiger partial charge is 0.379 e. The zero-order valence-corrected chi connectivity index (χ0v) is 11.9. The monoisotopic (exact) mass is 297 g/mol. The Bertz CT molecular complexity index is 380. The molecule has 0 aromatic carbocycles. The first-order chi connectivity index (χ1) is 8.18. The van der Waals surface area contributed by atoms with Gasteiger partial charge in [0.25, 0.3) is 10.2 Å². The van der Waals surface area contributed by atoms with Crippen LogP contribution in [0.2, 0.25) is 0 Å². The Hall–Kier alpha value is -0.180. The van der Waals surface area contributed by atoms with Crippen molar-refractivity contribution in [2.75, 3.05) is 45.9 Å². The van der Waals surface area contributed by atoms with Gasteiger partial charge in [0.1, 0.15) is 0 Å². The van der Waals surface area contributed by atoms with Crippen molar-refractivity contribution >= 4 is 22.6 Å². The summed E-state index contributed by atoms with van der Waals surface area (Å²) < 4.78 is 33.1.